The zero-order valence-electron chi connectivity index (χ0n) is 17.3. The summed E-state index contributed by atoms with van der Waals surface area (Å²) in [5, 5.41) is 3.07. The topological polar surface area (TPSA) is 41.6 Å². The molecule has 0 aliphatic heterocycles. The molecule has 0 saturated carbocycles. The molecule has 1 N–H and O–H groups in total. The summed E-state index contributed by atoms with van der Waals surface area (Å²) in [5.74, 6) is 0.839. The van der Waals surface area contributed by atoms with Gasteiger partial charge in [-0.1, -0.05) is 66.7 Å². The van der Waals surface area contributed by atoms with Gasteiger partial charge in [-0.05, 0) is 48.5 Å². The van der Waals surface area contributed by atoms with Crippen molar-refractivity contribution >= 4 is 5.91 Å². The van der Waals surface area contributed by atoms with E-state index in [1.165, 1.54) is 5.56 Å². The molecule has 0 aromatic heterocycles. The molecule has 0 heterocycles. The molecule has 0 saturated heterocycles. The van der Waals surface area contributed by atoms with E-state index in [1.54, 1.807) is 7.11 Å². The maximum Gasteiger partial charge on any atom is 0.224 e. The summed E-state index contributed by atoms with van der Waals surface area (Å²) in [7, 11) is 5.69. The van der Waals surface area contributed by atoms with Crippen molar-refractivity contribution in [3.63, 3.8) is 0 Å². The van der Waals surface area contributed by atoms with Crippen LogP contribution in [-0.2, 0) is 11.2 Å². The highest BCUT2D eigenvalue weighted by Gasteiger charge is 2.16. The van der Waals surface area contributed by atoms with Crippen LogP contribution < -0.4 is 10.1 Å². The lowest BCUT2D eigenvalue weighted by Crippen LogP contribution is -2.35. The number of amides is 1. The minimum atomic E-state index is 0.0206. The fourth-order valence-corrected chi connectivity index (χ4v) is 3.35. The standard InChI is InChI=1S/C25H28N2O2/c1-27(2)24(22-10-7-11-23(17-22)29-3)18-26-25(28)16-19-12-14-21(15-13-19)20-8-5-4-6-9-20/h4-15,17,24H,16,18H2,1-3H3,(H,26,28)/t24-/m0/s1. The van der Waals surface area contributed by atoms with Gasteiger partial charge < -0.3 is 15.0 Å². The molecule has 0 fully saturated rings. The summed E-state index contributed by atoms with van der Waals surface area (Å²) in [6, 6.07) is 26.5. The van der Waals surface area contributed by atoms with Crippen LogP contribution in [0.2, 0.25) is 0 Å². The molecule has 29 heavy (non-hydrogen) atoms. The van der Waals surface area contributed by atoms with Crippen LogP contribution in [0.4, 0.5) is 0 Å². The summed E-state index contributed by atoms with van der Waals surface area (Å²) in [6.07, 6.45) is 0.368. The first-order valence-corrected chi connectivity index (χ1v) is 9.78. The lowest BCUT2D eigenvalue weighted by atomic mass is 10.0. The highest BCUT2D eigenvalue weighted by Crippen LogP contribution is 2.22. The van der Waals surface area contributed by atoms with Gasteiger partial charge >= 0.3 is 0 Å². The van der Waals surface area contributed by atoms with Gasteiger partial charge in [0.05, 0.1) is 19.6 Å². The monoisotopic (exact) mass is 388 g/mol. The van der Waals surface area contributed by atoms with Crippen molar-refractivity contribution in [1.82, 2.24) is 10.2 Å². The van der Waals surface area contributed by atoms with Crippen LogP contribution in [0.1, 0.15) is 17.2 Å². The molecule has 3 aromatic rings. The average Bonchev–Trinajstić information content (AvgIpc) is 2.75. The van der Waals surface area contributed by atoms with Crippen molar-refractivity contribution in [3.05, 3.63) is 90.0 Å². The molecule has 0 unspecified atom stereocenters. The Morgan fingerprint density at radius 3 is 2.28 bits per heavy atom. The van der Waals surface area contributed by atoms with Crippen molar-refractivity contribution in [2.45, 2.75) is 12.5 Å². The highest BCUT2D eigenvalue weighted by molar-refractivity contribution is 5.79. The van der Waals surface area contributed by atoms with Gasteiger partial charge in [-0.15, -0.1) is 0 Å². The molecule has 0 aliphatic rings. The van der Waals surface area contributed by atoms with Gasteiger partial charge in [0.15, 0.2) is 0 Å². The van der Waals surface area contributed by atoms with Crippen LogP contribution in [0.15, 0.2) is 78.9 Å². The first-order chi connectivity index (χ1) is 14.1. The second-order valence-corrected chi connectivity index (χ2v) is 7.30. The van der Waals surface area contributed by atoms with Crippen LogP contribution >= 0.6 is 0 Å². The fourth-order valence-electron chi connectivity index (χ4n) is 3.35. The number of methoxy groups -OCH3 is 1. The lowest BCUT2D eigenvalue weighted by Gasteiger charge is -2.25. The Labute approximate surface area is 173 Å². The molecular formula is C25H28N2O2. The van der Waals surface area contributed by atoms with Gasteiger partial charge in [-0.25, -0.2) is 0 Å². The number of nitrogens with one attached hydrogen (secondary N) is 1. The number of ether oxygens (including phenoxy) is 1. The number of likely N-dealkylation sites (N-methyl/N-ethyl adjacent to an activating group) is 1. The second kappa shape index (κ2) is 9.89. The Bertz CT molecular complexity index is 921. The van der Waals surface area contributed by atoms with E-state index >= 15 is 0 Å². The summed E-state index contributed by atoms with van der Waals surface area (Å²) in [5.41, 5.74) is 4.45. The molecule has 0 aliphatic carbocycles. The van der Waals surface area contributed by atoms with Gasteiger partial charge in [0.1, 0.15) is 5.75 Å². The summed E-state index contributed by atoms with van der Waals surface area (Å²) in [6.45, 7) is 0.543. The van der Waals surface area contributed by atoms with Crippen molar-refractivity contribution in [3.8, 4) is 16.9 Å². The SMILES string of the molecule is COc1cccc([C@H](CNC(=O)Cc2ccc(-c3ccccc3)cc2)N(C)C)c1. The van der Waals surface area contributed by atoms with Crippen molar-refractivity contribution in [1.29, 1.82) is 0 Å². The third kappa shape index (κ3) is 5.69. The van der Waals surface area contributed by atoms with E-state index in [0.29, 0.717) is 13.0 Å². The van der Waals surface area contributed by atoms with Crippen LogP contribution in [0.5, 0.6) is 5.75 Å². The molecule has 1 atom stereocenters. The van der Waals surface area contributed by atoms with Gasteiger partial charge in [0.25, 0.3) is 0 Å². The normalized spacial score (nSPS) is 11.9. The number of hydrogen-bond donors (Lipinski definition) is 1. The van der Waals surface area contributed by atoms with Gasteiger partial charge in [0.2, 0.25) is 5.91 Å². The maximum absolute atomic E-state index is 12.5. The van der Waals surface area contributed by atoms with Crippen molar-refractivity contribution < 1.29 is 9.53 Å². The van der Waals surface area contributed by atoms with Gasteiger partial charge in [-0.3, -0.25) is 4.79 Å². The Balaban J connectivity index is 1.59. The molecular weight excluding hydrogens is 360 g/mol. The molecule has 1 amide bonds. The molecule has 4 heteroatoms. The van der Waals surface area contributed by atoms with E-state index in [1.807, 2.05) is 62.6 Å². The number of nitrogens with zero attached hydrogens (tertiary/aromatic N) is 1. The molecule has 150 valence electrons. The van der Waals surface area contributed by atoms with Crippen LogP contribution in [-0.4, -0.2) is 38.6 Å². The maximum atomic E-state index is 12.5. The van der Waals surface area contributed by atoms with Crippen LogP contribution in [0, 0.1) is 0 Å². The summed E-state index contributed by atoms with van der Waals surface area (Å²) >= 11 is 0. The fraction of sp³-hybridized carbons (Fsp3) is 0.240. The molecule has 3 rings (SSSR count). The van der Waals surface area contributed by atoms with Crippen molar-refractivity contribution in [2.75, 3.05) is 27.7 Å². The van der Waals surface area contributed by atoms with E-state index in [0.717, 1.165) is 22.4 Å². The Morgan fingerprint density at radius 2 is 1.62 bits per heavy atom. The molecule has 0 bridgehead atoms. The van der Waals surface area contributed by atoms with Gasteiger partial charge in [0, 0.05) is 6.54 Å². The van der Waals surface area contributed by atoms with E-state index in [9.17, 15) is 4.79 Å². The number of carbonyl (C=O) groups is 1. The smallest absolute Gasteiger partial charge is 0.224 e. The van der Waals surface area contributed by atoms with Crippen LogP contribution in [0.25, 0.3) is 11.1 Å². The Morgan fingerprint density at radius 1 is 0.931 bits per heavy atom. The van der Waals surface area contributed by atoms with E-state index in [2.05, 4.69) is 40.5 Å². The predicted molar refractivity (Wildman–Crippen MR) is 118 cm³/mol. The molecule has 3 aromatic carbocycles. The average molecular weight is 389 g/mol. The minimum absolute atomic E-state index is 0.0206. The zero-order valence-corrected chi connectivity index (χ0v) is 17.3. The quantitative estimate of drug-likeness (QED) is 0.625. The molecule has 0 radical (unpaired) electrons. The van der Waals surface area contributed by atoms with Crippen molar-refractivity contribution in [2.24, 2.45) is 0 Å². The summed E-state index contributed by atoms with van der Waals surface area (Å²) < 4.78 is 5.33. The number of rotatable bonds is 8. The van der Waals surface area contributed by atoms with E-state index in [-0.39, 0.29) is 11.9 Å². The summed E-state index contributed by atoms with van der Waals surface area (Å²) in [4.78, 5) is 14.6. The predicted octanol–water partition coefficient (Wildman–Crippen LogP) is 4.32. The lowest BCUT2D eigenvalue weighted by molar-refractivity contribution is -0.120. The zero-order chi connectivity index (χ0) is 20.6. The molecule has 0 spiro atoms. The van der Waals surface area contributed by atoms with E-state index < -0.39 is 0 Å². The number of benzene rings is 3. The number of carbonyl (C=O) groups excluding carboxylic acids is 1. The Hall–Kier alpha value is -3.11. The minimum Gasteiger partial charge on any atom is -0.497 e. The van der Waals surface area contributed by atoms with Gasteiger partial charge in [-0.2, -0.15) is 0 Å². The van der Waals surface area contributed by atoms with Crippen LogP contribution in [0.3, 0.4) is 0 Å². The second-order valence-electron chi connectivity index (χ2n) is 7.30. The van der Waals surface area contributed by atoms with E-state index in [4.69, 9.17) is 4.74 Å². The highest BCUT2D eigenvalue weighted by atomic mass is 16.5. The third-order valence-corrected chi connectivity index (χ3v) is 5.02. The molecule has 4 nitrogen and oxygen atoms in total. The largest absolute Gasteiger partial charge is 0.497 e. The first-order valence-electron chi connectivity index (χ1n) is 9.78. The first kappa shape index (κ1) is 20.6. The third-order valence-electron chi connectivity index (χ3n) is 5.02. The number of hydrogen-bond acceptors (Lipinski definition) is 3. The Kier molecular flexibility index (Phi) is 7.04.